The van der Waals surface area contributed by atoms with Crippen LogP contribution in [0.1, 0.15) is 239 Å². The van der Waals surface area contributed by atoms with Crippen molar-refractivity contribution < 1.29 is 28.6 Å². The fourth-order valence-electron chi connectivity index (χ4n) is 6.97. The minimum Gasteiger partial charge on any atom is -0.462 e. The summed E-state index contributed by atoms with van der Waals surface area (Å²) in [5.74, 6) is -0.949. The molecule has 0 heterocycles. The molecule has 0 spiro atoms. The van der Waals surface area contributed by atoms with Crippen LogP contribution in [0.4, 0.5) is 0 Å². The average Bonchev–Trinajstić information content (AvgIpc) is 3.26. The molecule has 350 valence electrons. The number of rotatable bonds is 45. The van der Waals surface area contributed by atoms with Crippen molar-refractivity contribution in [3.8, 4) is 0 Å². The third-order valence-corrected chi connectivity index (χ3v) is 10.8. The summed E-state index contributed by atoms with van der Waals surface area (Å²) in [6.45, 7) is 6.44. The molecular formula is C55H94O6. The van der Waals surface area contributed by atoms with Crippen LogP contribution in [0.2, 0.25) is 0 Å². The molecule has 6 heteroatoms. The Morgan fingerprint density at radius 3 is 1.03 bits per heavy atom. The normalized spacial score (nSPS) is 12.6. The van der Waals surface area contributed by atoms with E-state index in [2.05, 4.69) is 57.2 Å². The summed E-state index contributed by atoms with van der Waals surface area (Å²) < 4.78 is 16.7. The van der Waals surface area contributed by atoms with Gasteiger partial charge in [-0.1, -0.05) is 229 Å². The smallest absolute Gasteiger partial charge is 0.306 e. The Balaban J connectivity index is 4.43. The predicted molar refractivity (Wildman–Crippen MR) is 261 cm³/mol. The molecular weight excluding hydrogens is 757 g/mol. The lowest BCUT2D eigenvalue weighted by Gasteiger charge is -2.18. The zero-order chi connectivity index (χ0) is 44.4. The minimum atomic E-state index is -0.799. The van der Waals surface area contributed by atoms with Crippen LogP contribution in [-0.2, 0) is 28.6 Å². The van der Waals surface area contributed by atoms with Crippen molar-refractivity contribution in [3.05, 3.63) is 72.9 Å². The van der Waals surface area contributed by atoms with Crippen LogP contribution in [0.5, 0.6) is 0 Å². The van der Waals surface area contributed by atoms with Crippen molar-refractivity contribution in [1.29, 1.82) is 0 Å². The van der Waals surface area contributed by atoms with Gasteiger partial charge in [0.25, 0.3) is 0 Å². The summed E-state index contributed by atoms with van der Waals surface area (Å²) >= 11 is 0. The lowest BCUT2D eigenvalue weighted by atomic mass is 10.0. The lowest BCUT2D eigenvalue weighted by molar-refractivity contribution is -0.167. The first kappa shape index (κ1) is 57.9. The summed E-state index contributed by atoms with van der Waals surface area (Å²) in [6, 6.07) is 0. The van der Waals surface area contributed by atoms with Gasteiger partial charge in [-0.15, -0.1) is 0 Å². The molecule has 0 fully saturated rings. The second kappa shape index (κ2) is 49.5. The van der Waals surface area contributed by atoms with Gasteiger partial charge in [-0.25, -0.2) is 0 Å². The highest BCUT2D eigenvalue weighted by Gasteiger charge is 2.19. The quantitative estimate of drug-likeness (QED) is 0.0263. The van der Waals surface area contributed by atoms with Crippen molar-refractivity contribution in [1.82, 2.24) is 0 Å². The number of carbonyl (C=O) groups is 3. The summed E-state index contributed by atoms with van der Waals surface area (Å²) in [4.78, 5) is 37.9. The van der Waals surface area contributed by atoms with Crippen LogP contribution >= 0.6 is 0 Å². The number of esters is 3. The highest BCUT2D eigenvalue weighted by molar-refractivity contribution is 5.71. The lowest BCUT2D eigenvalue weighted by Crippen LogP contribution is -2.30. The summed E-state index contributed by atoms with van der Waals surface area (Å²) in [6.07, 6.45) is 61.7. The Morgan fingerprint density at radius 1 is 0.344 bits per heavy atom. The molecule has 0 aliphatic heterocycles. The van der Waals surface area contributed by atoms with Crippen molar-refractivity contribution in [2.45, 2.75) is 245 Å². The summed E-state index contributed by atoms with van der Waals surface area (Å²) in [5.41, 5.74) is 0. The highest BCUT2D eigenvalue weighted by atomic mass is 16.6. The SMILES string of the molecule is CC\C=C/C=C\C=C/C=C\CCCCCC(=O)OC(COC(=O)CCCCCCC/C=C\C=C/CCCCCCCCC)COC(=O)CCCCCCCCCCCCCC. The van der Waals surface area contributed by atoms with E-state index in [1.165, 1.54) is 109 Å². The third-order valence-electron chi connectivity index (χ3n) is 10.8. The maximum Gasteiger partial charge on any atom is 0.306 e. The Bertz CT molecular complexity index is 1160. The number of unbranched alkanes of at least 4 members (excludes halogenated alkanes) is 26. The second-order valence-electron chi connectivity index (χ2n) is 16.8. The van der Waals surface area contributed by atoms with E-state index >= 15 is 0 Å². The third kappa shape index (κ3) is 47.7. The van der Waals surface area contributed by atoms with Gasteiger partial charge in [0.05, 0.1) is 0 Å². The molecule has 0 aliphatic rings. The average molecular weight is 851 g/mol. The molecule has 0 aliphatic carbocycles. The van der Waals surface area contributed by atoms with E-state index in [4.69, 9.17) is 14.2 Å². The van der Waals surface area contributed by atoms with E-state index < -0.39 is 6.10 Å². The number of allylic oxidation sites excluding steroid dienone is 12. The molecule has 0 bridgehead atoms. The Morgan fingerprint density at radius 2 is 0.639 bits per heavy atom. The Hall–Kier alpha value is -3.15. The molecule has 1 unspecified atom stereocenters. The molecule has 0 aromatic heterocycles. The van der Waals surface area contributed by atoms with Crippen molar-refractivity contribution in [3.63, 3.8) is 0 Å². The molecule has 0 radical (unpaired) electrons. The molecule has 61 heavy (non-hydrogen) atoms. The van der Waals surface area contributed by atoms with E-state index in [-0.39, 0.29) is 37.5 Å². The first-order chi connectivity index (χ1) is 30.0. The van der Waals surface area contributed by atoms with Crippen LogP contribution in [0.25, 0.3) is 0 Å². The van der Waals surface area contributed by atoms with Gasteiger partial charge in [0, 0.05) is 19.3 Å². The molecule has 0 amide bonds. The van der Waals surface area contributed by atoms with Crippen molar-refractivity contribution >= 4 is 17.9 Å². The molecule has 0 N–H and O–H groups in total. The van der Waals surface area contributed by atoms with Crippen molar-refractivity contribution in [2.24, 2.45) is 0 Å². The fourth-order valence-corrected chi connectivity index (χ4v) is 6.97. The Labute approximate surface area is 376 Å². The van der Waals surface area contributed by atoms with Crippen LogP contribution in [0.3, 0.4) is 0 Å². The van der Waals surface area contributed by atoms with Gasteiger partial charge in [0.15, 0.2) is 6.10 Å². The maximum atomic E-state index is 12.7. The first-order valence-electron chi connectivity index (χ1n) is 25.5. The van der Waals surface area contributed by atoms with Gasteiger partial charge in [-0.2, -0.15) is 0 Å². The molecule has 0 saturated heterocycles. The predicted octanol–water partition coefficient (Wildman–Crippen LogP) is 16.6. The zero-order valence-electron chi connectivity index (χ0n) is 39.9. The van der Waals surface area contributed by atoms with E-state index in [1.54, 1.807) is 0 Å². The van der Waals surface area contributed by atoms with Crippen LogP contribution in [0, 0.1) is 0 Å². The summed E-state index contributed by atoms with van der Waals surface area (Å²) in [7, 11) is 0. The van der Waals surface area contributed by atoms with Gasteiger partial charge >= 0.3 is 17.9 Å². The molecule has 0 saturated carbocycles. The van der Waals surface area contributed by atoms with Gasteiger partial charge in [0.1, 0.15) is 13.2 Å². The molecule has 6 nitrogen and oxygen atoms in total. The number of carbonyl (C=O) groups excluding carboxylic acids is 3. The number of hydrogen-bond acceptors (Lipinski definition) is 6. The van der Waals surface area contributed by atoms with E-state index in [0.717, 1.165) is 83.5 Å². The topological polar surface area (TPSA) is 78.9 Å². The minimum absolute atomic E-state index is 0.0953. The molecule has 0 rings (SSSR count). The zero-order valence-corrected chi connectivity index (χ0v) is 39.9. The highest BCUT2D eigenvalue weighted by Crippen LogP contribution is 2.14. The first-order valence-corrected chi connectivity index (χ1v) is 25.5. The van der Waals surface area contributed by atoms with Gasteiger partial charge < -0.3 is 14.2 Å². The van der Waals surface area contributed by atoms with Gasteiger partial charge in [-0.05, 0) is 64.2 Å². The van der Waals surface area contributed by atoms with E-state index in [9.17, 15) is 14.4 Å². The largest absolute Gasteiger partial charge is 0.462 e. The molecule has 0 aromatic carbocycles. The van der Waals surface area contributed by atoms with Gasteiger partial charge in [-0.3, -0.25) is 14.4 Å². The number of ether oxygens (including phenoxy) is 3. The monoisotopic (exact) mass is 851 g/mol. The van der Waals surface area contributed by atoms with Crippen LogP contribution in [-0.4, -0.2) is 37.2 Å². The molecule has 1 atom stereocenters. The van der Waals surface area contributed by atoms with Gasteiger partial charge in [0.2, 0.25) is 0 Å². The summed E-state index contributed by atoms with van der Waals surface area (Å²) in [5, 5.41) is 0. The fraction of sp³-hybridized carbons (Fsp3) is 0.727. The second-order valence-corrected chi connectivity index (χ2v) is 16.8. The standard InChI is InChI=1S/C55H94O6/c1-4-7-10-13-16-19-22-25-26-27-28-29-31-33-36-39-42-45-48-54(57)60-51-52(50-59-53(56)47-44-41-38-35-32-24-21-18-15-12-9-6-3)61-55(58)49-46-43-40-37-34-30-23-20-17-14-11-8-5-2/h8,11,14,17,20,23,26-30,34,52H,4-7,9-10,12-13,15-16,18-19,21-22,24-25,31-33,35-51H2,1-3H3/b11-8-,17-14-,23-20-,27-26-,29-28-,34-30-. The van der Waals surface area contributed by atoms with E-state index in [0.29, 0.717) is 19.3 Å². The Kier molecular flexibility index (Phi) is 46.9. The van der Waals surface area contributed by atoms with Crippen LogP contribution in [0.15, 0.2) is 72.9 Å². The maximum absolute atomic E-state index is 12.7. The number of hydrogen-bond donors (Lipinski definition) is 0. The molecule has 0 aromatic rings. The van der Waals surface area contributed by atoms with E-state index in [1.807, 2.05) is 36.5 Å². The van der Waals surface area contributed by atoms with Crippen LogP contribution < -0.4 is 0 Å². The van der Waals surface area contributed by atoms with Crippen molar-refractivity contribution in [2.75, 3.05) is 13.2 Å².